The molecule has 2 heterocycles. The van der Waals surface area contributed by atoms with Gasteiger partial charge in [-0.1, -0.05) is 30.3 Å². The van der Waals surface area contributed by atoms with E-state index in [-0.39, 0.29) is 5.54 Å². The van der Waals surface area contributed by atoms with Crippen LogP contribution in [0.25, 0.3) is 0 Å². The van der Waals surface area contributed by atoms with Gasteiger partial charge in [0.25, 0.3) is 0 Å². The van der Waals surface area contributed by atoms with Crippen LogP contribution in [0.2, 0.25) is 0 Å². The molecule has 2 fully saturated rings. The second-order valence-electron chi connectivity index (χ2n) is 7.98. The van der Waals surface area contributed by atoms with Crippen molar-refractivity contribution in [1.82, 2.24) is 10.6 Å². The highest BCUT2D eigenvalue weighted by atomic mass is 16.5. The van der Waals surface area contributed by atoms with E-state index in [1.807, 2.05) is 0 Å². The summed E-state index contributed by atoms with van der Waals surface area (Å²) in [6, 6.07) is 11.6. The van der Waals surface area contributed by atoms with Gasteiger partial charge in [-0.25, -0.2) is 0 Å². The Morgan fingerprint density at radius 3 is 2.36 bits per heavy atom. The van der Waals surface area contributed by atoms with Crippen molar-refractivity contribution in [3.8, 4) is 0 Å². The topological polar surface area (TPSA) is 42.5 Å². The van der Waals surface area contributed by atoms with E-state index in [9.17, 15) is 0 Å². The molecule has 25 heavy (non-hydrogen) atoms. The van der Waals surface area contributed by atoms with Crippen molar-refractivity contribution in [1.29, 1.82) is 0 Å². The summed E-state index contributed by atoms with van der Waals surface area (Å²) >= 11 is 0. The third-order valence-electron chi connectivity index (χ3n) is 5.70. The molecule has 0 saturated carbocycles. The first-order valence-corrected chi connectivity index (χ1v) is 9.85. The molecule has 0 aromatic heterocycles. The Hall–Kier alpha value is -0.940. The van der Waals surface area contributed by atoms with Crippen molar-refractivity contribution >= 4 is 0 Å². The van der Waals surface area contributed by atoms with Gasteiger partial charge in [-0.05, 0) is 52.0 Å². The van der Waals surface area contributed by atoms with E-state index < -0.39 is 0 Å². The average Bonchev–Trinajstić information content (AvgIpc) is 2.61. The molecule has 1 aromatic carbocycles. The molecule has 2 saturated heterocycles. The summed E-state index contributed by atoms with van der Waals surface area (Å²) in [5, 5.41) is 7.79. The fourth-order valence-electron chi connectivity index (χ4n) is 4.33. The van der Waals surface area contributed by atoms with Gasteiger partial charge in [0.05, 0.1) is 12.2 Å². The van der Waals surface area contributed by atoms with E-state index in [2.05, 4.69) is 61.7 Å². The van der Waals surface area contributed by atoms with E-state index in [1.165, 1.54) is 5.56 Å². The minimum Gasteiger partial charge on any atom is -0.381 e. The monoisotopic (exact) mass is 346 g/mol. The highest BCUT2D eigenvalue weighted by molar-refractivity contribution is 5.19. The Kier molecular flexibility index (Phi) is 6.50. The molecule has 0 spiro atoms. The summed E-state index contributed by atoms with van der Waals surface area (Å²) in [5.74, 6) is 0. The predicted molar refractivity (Wildman–Crippen MR) is 102 cm³/mol. The first-order valence-electron chi connectivity index (χ1n) is 9.85. The summed E-state index contributed by atoms with van der Waals surface area (Å²) in [7, 11) is 0. The average molecular weight is 347 g/mol. The first-order chi connectivity index (χ1) is 12.1. The third kappa shape index (κ3) is 5.27. The van der Waals surface area contributed by atoms with Crippen molar-refractivity contribution in [2.24, 2.45) is 0 Å². The molecule has 3 rings (SSSR count). The fraction of sp³-hybridized carbons (Fsp3) is 0.714. The van der Waals surface area contributed by atoms with E-state index in [0.29, 0.717) is 24.3 Å². The second-order valence-corrected chi connectivity index (χ2v) is 7.98. The largest absolute Gasteiger partial charge is 0.381 e. The van der Waals surface area contributed by atoms with Crippen LogP contribution in [0.3, 0.4) is 0 Å². The number of hydrogen-bond acceptors (Lipinski definition) is 4. The summed E-state index contributed by atoms with van der Waals surface area (Å²) in [6.07, 6.45) is 5.03. The predicted octanol–water partition coefficient (Wildman–Crippen LogP) is 3.43. The molecule has 4 heteroatoms. The van der Waals surface area contributed by atoms with Crippen molar-refractivity contribution < 1.29 is 9.47 Å². The molecule has 0 radical (unpaired) electrons. The van der Waals surface area contributed by atoms with Crippen molar-refractivity contribution in [3.63, 3.8) is 0 Å². The van der Waals surface area contributed by atoms with Crippen molar-refractivity contribution in [2.45, 2.75) is 76.3 Å². The number of benzene rings is 1. The van der Waals surface area contributed by atoms with Crippen LogP contribution >= 0.6 is 0 Å². The smallest absolute Gasteiger partial charge is 0.0565 e. The van der Waals surface area contributed by atoms with Crippen LogP contribution < -0.4 is 10.6 Å². The second kappa shape index (κ2) is 8.63. The Bertz CT molecular complexity index is 506. The van der Waals surface area contributed by atoms with Gasteiger partial charge in [-0.2, -0.15) is 0 Å². The molecule has 1 aromatic rings. The molecule has 4 nitrogen and oxygen atoms in total. The molecule has 140 valence electrons. The lowest BCUT2D eigenvalue weighted by Gasteiger charge is -2.42. The number of ether oxygens (including phenoxy) is 2. The zero-order chi connectivity index (χ0) is 17.7. The van der Waals surface area contributed by atoms with Crippen LogP contribution in [0.1, 0.15) is 58.1 Å². The van der Waals surface area contributed by atoms with Gasteiger partial charge >= 0.3 is 0 Å². The Morgan fingerprint density at radius 2 is 1.72 bits per heavy atom. The lowest BCUT2D eigenvalue weighted by atomic mass is 9.87. The summed E-state index contributed by atoms with van der Waals surface area (Å²) < 4.78 is 11.5. The zero-order valence-corrected chi connectivity index (χ0v) is 16.0. The first kappa shape index (κ1) is 18.8. The van der Waals surface area contributed by atoms with Gasteiger partial charge in [0.2, 0.25) is 0 Å². The normalized spacial score (nSPS) is 30.8. The minimum atomic E-state index is 0.109. The highest BCUT2D eigenvalue weighted by Crippen LogP contribution is 2.26. The van der Waals surface area contributed by atoms with Crippen LogP contribution in [0.15, 0.2) is 30.3 Å². The quantitative estimate of drug-likeness (QED) is 0.828. The number of hydrogen-bond donors (Lipinski definition) is 2. The molecule has 0 bridgehead atoms. The van der Waals surface area contributed by atoms with Gasteiger partial charge in [0.15, 0.2) is 0 Å². The van der Waals surface area contributed by atoms with E-state index in [0.717, 1.165) is 45.4 Å². The number of rotatable bonds is 6. The lowest BCUT2D eigenvalue weighted by Crippen LogP contribution is -2.58. The Labute approximate surface area is 152 Å². The molecule has 2 N–H and O–H groups in total. The lowest BCUT2D eigenvalue weighted by molar-refractivity contribution is -0.0445. The van der Waals surface area contributed by atoms with Crippen LogP contribution in [0.4, 0.5) is 0 Å². The highest BCUT2D eigenvalue weighted by Gasteiger charge is 2.35. The van der Waals surface area contributed by atoms with Crippen LogP contribution in [0, 0.1) is 0 Å². The summed E-state index contributed by atoms with van der Waals surface area (Å²) in [4.78, 5) is 0. The molecule has 2 aliphatic rings. The van der Waals surface area contributed by atoms with Gasteiger partial charge in [0, 0.05) is 37.4 Å². The van der Waals surface area contributed by atoms with Crippen molar-refractivity contribution in [3.05, 3.63) is 35.9 Å². The van der Waals surface area contributed by atoms with Crippen molar-refractivity contribution in [2.75, 3.05) is 19.8 Å². The maximum atomic E-state index is 5.88. The molecular weight excluding hydrogens is 312 g/mol. The summed E-state index contributed by atoms with van der Waals surface area (Å²) in [5.41, 5.74) is 1.46. The zero-order valence-electron chi connectivity index (χ0n) is 16.0. The molecule has 0 aliphatic carbocycles. The third-order valence-corrected chi connectivity index (χ3v) is 5.70. The maximum Gasteiger partial charge on any atom is 0.0565 e. The van der Waals surface area contributed by atoms with Crippen LogP contribution in [-0.2, 0) is 9.47 Å². The summed E-state index contributed by atoms with van der Waals surface area (Å²) in [6.45, 7) is 9.32. The standard InChI is InChI=1S/C21H34N2O2/c1-16-13-20(14-17(2)25-16)22-15-21(9-11-24-12-10-21)23-18(3)19-7-5-4-6-8-19/h4-8,16-18,20,22-23H,9-15H2,1-3H3/t16-,17+,18-,20?/m0/s1. The van der Waals surface area contributed by atoms with Gasteiger partial charge < -0.3 is 20.1 Å². The molecule has 0 amide bonds. The molecule has 1 unspecified atom stereocenters. The molecular formula is C21H34N2O2. The van der Waals surface area contributed by atoms with E-state index in [4.69, 9.17) is 9.47 Å². The SMILES string of the molecule is C[C@@H]1CC(NCC2(N[C@@H](C)c3ccccc3)CCOCC2)C[C@H](C)O1. The Balaban J connectivity index is 1.62. The number of nitrogens with one attached hydrogen (secondary N) is 2. The van der Waals surface area contributed by atoms with E-state index in [1.54, 1.807) is 0 Å². The van der Waals surface area contributed by atoms with Gasteiger partial charge in [-0.3, -0.25) is 0 Å². The Morgan fingerprint density at radius 1 is 1.08 bits per heavy atom. The van der Waals surface area contributed by atoms with E-state index >= 15 is 0 Å². The maximum absolute atomic E-state index is 5.88. The molecule has 2 aliphatic heterocycles. The van der Waals surface area contributed by atoms with Gasteiger partial charge in [0.1, 0.15) is 0 Å². The van der Waals surface area contributed by atoms with Gasteiger partial charge in [-0.15, -0.1) is 0 Å². The minimum absolute atomic E-state index is 0.109. The fourth-order valence-corrected chi connectivity index (χ4v) is 4.33. The van der Waals surface area contributed by atoms with Crippen LogP contribution in [-0.4, -0.2) is 43.5 Å². The molecule has 4 atom stereocenters. The van der Waals surface area contributed by atoms with Crippen LogP contribution in [0.5, 0.6) is 0 Å².